The molecule has 0 heterocycles. The molecule has 0 radical (unpaired) electrons. The minimum Gasteiger partial charge on any atom is -0.398 e. The molecule has 0 saturated carbocycles. The summed E-state index contributed by atoms with van der Waals surface area (Å²) < 4.78 is 40.2. The van der Waals surface area contributed by atoms with Crippen molar-refractivity contribution in [3.63, 3.8) is 0 Å². The van der Waals surface area contributed by atoms with Gasteiger partial charge in [-0.15, -0.1) is 0 Å². The van der Waals surface area contributed by atoms with Crippen molar-refractivity contribution in [2.75, 3.05) is 10.5 Å². The highest BCUT2D eigenvalue weighted by atomic mass is 79.9. The van der Waals surface area contributed by atoms with Crippen LogP contribution >= 0.6 is 15.9 Å². The van der Waals surface area contributed by atoms with Crippen molar-refractivity contribution in [2.24, 2.45) is 0 Å². The number of hydrogen-bond acceptors (Lipinski definition) is 3. The number of nitrogens with two attached hydrogens (primary N) is 1. The van der Waals surface area contributed by atoms with E-state index in [-0.39, 0.29) is 16.3 Å². The topological polar surface area (TPSA) is 72.2 Å². The van der Waals surface area contributed by atoms with Crippen molar-refractivity contribution in [2.45, 2.75) is 4.90 Å². The van der Waals surface area contributed by atoms with Gasteiger partial charge in [0.25, 0.3) is 10.0 Å². The van der Waals surface area contributed by atoms with E-state index in [9.17, 15) is 12.8 Å². The molecule has 0 fully saturated rings. The highest BCUT2D eigenvalue weighted by molar-refractivity contribution is 9.10. The molecule has 0 spiro atoms. The Morgan fingerprint density at radius 2 is 1.89 bits per heavy atom. The summed E-state index contributed by atoms with van der Waals surface area (Å²) in [5.74, 6) is -0.524. The second-order valence-corrected chi connectivity index (χ2v) is 6.36. The maximum atomic E-state index is 13.0. The number of nitrogens with one attached hydrogen (secondary N) is 1. The fourth-order valence-corrected chi connectivity index (χ4v) is 3.07. The van der Waals surface area contributed by atoms with Crippen LogP contribution in [0.5, 0.6) is 0 Å². The van der Waals surface area contributed by atoms with E-state index in [1.54, 1.807) is 6.07 Å². The van der Waals surface area contributed by atoms with Crippen molar-refractivity contribution in [3.8, 4) is 0 Å². The third kappa shape index (κ3) is 3.24. The smallest absolute Gasteiger partial charge is 0.263 e. The van der Waals surface area contributed by atoms with Crippen molar-refractivity contribution >= 4 is 37.3 Å². The van der Waals surface area contributed by atoms with E-state index < -0.39 is 15.8 Å². The van der Waals surface area contributed by atoms with Crippen LogP contribution in [0.3, 0.4) is 0 Å². The van der Waals surface area contributed by atoms with Gasteiger partial charge in [0.1, 0.15) is 10.7 Å². The van der Waals surface area contributed by atoms with Gasteiger partial charge in [0, 0.05) is 4.47 Å². The summed E-state index contributed by atoms with van der Waals surface area (Å²) in [6, 6.07) is 9.61. The van der Waals surface area contributed by atoms with E-state index in [0.717, 1.165) is 6.07 Å². The van der Waals surface area contributed by atoms with E-state index in [0.29, 0.717) is 4.47 Å². The van der Waals surface area contributed by atoms with Crippen LogP contribution in [0.15, 0.2) is 51.8 Å². The van der Waals surface area contributed by atoms with Gasteiger partial charge in [-0.05, 0) is 36.4 Å². The molecule has 0 aliphatic carbocycles. The fourth-order valence-electron chi connectivity index (χ4n) is 1.53. The van der Waals surface area contributed by atoms with Gasteiger partial charge < -0.3 is 5.73 Å². The van der Waals surface area contributed by atoms with Gasteiger partial charge in [-0.25, -0.2) is 12.8 Å². The predicted octanol–water partition coefficient (Wildman–Crippen LogP) is 2.97. The number of halogens is 2. The zero-order valence-electron chi connectivity index (χ0n) is 9.60. The molecule has 0 aliphatic heterocycles. The fraction of sp³-hybridized carbons (Fsp3) is 0. The number of benzene rings is 2. The van der Waals surface area contributed by atoms with Crippen molar-refractivity contribution < 1.29 is 12.8 Å². The zero-order chi connectivity index (χ0) is 14.0. The Morgan fingerprint density at radius 3 is 2.53 bits per heavy atom. The first-order valence-corrected chi connectivity index (χ1v) is 7.49. The molecule has 0 atom stereocenters. The monoisotopic (exact) mass is 344 g/mol. The summed E-state index contributed by atoms with van der Waals surface area (Å²) in [5.41, 5.74) is 5.92. The Kier molecular flexibility index (Phi) is 3.77. The quantitative estimate of drug-likeness (QED) is 0.840. The van der Waals surface area contributed by atoms with Gasteiger partial charge in [-0.1, -0.05) is 22.0 Å². The zero-order valence-corrected chi connectivity index (χ0v) is 12.0. The minimum atomic E-state index is -3.84. The number of hydrogen-bond donors (Lipinski definition) is 2. The van der Waals surface area contributed by atoms with Crippen LogP contribution in [-0.2, 0) is 10.0 Å². The molecule has 0 bridgehead atoms. The Morgan fingerprint density at radius 1 is 1.16 bits per heavy atom. The Balaban J connectivity index is 2.38. The average molecular weight is 345 g/mol. The molecule has 19 heavy (non-hydrogen) atoms. The summed E-state index contributed by atoms with van der Waals surface area (Å²) in [5, 5.41) is 0. The number of nitrogen functional groups attached to an aromatic ring is 1. The second kappa shape index (κ2) is 5.18. The Labute approximate surface area is 118 Å². The van der Waals surface area contributed by atoms with E-state index in [1.807, 2.05) is 0 Å². The van der Waals surface area contributed by atoms with Gasteiger partial charge >= 0.3 is 0 Å². The molecule has 100 valence electrons. The van der Waals surface area contributed by atoms with E-state index in [1.165, 1.54) is 30.3 Å². The van der Waals surface area contributed by atoms with E-state index in [4.69, 9.17) is 5.73 Å². The Bertz CT molecular complexity index is 719. The lowest BCUT2D eigenvalue weighted by Gasteiger charge is -2.10. The minimum absolute atomic E-state index is 0.0556. The van der Waals surface area contributed by atoms with Crippen LogP contribution in [-0.4, -0.2) is 8.42 Å². The van der Waals surface area contributed by atoms with Crippen LogP contribution in [0.4, 0.5) is 15.8 Å². The summed E-state index contributed by atoms with van der Waals surface area (Å²) in [6.45, 7) is 0. The van der Waals surface area contributed by atoms with Gasteiger partial charge in [-0.3, -0.25) is 4.72 Å². The van der Waals surface area contributed by atoms with Crippen LogP contribution < -0.4 is 10.5 Å². The van der Waals surface area contributed by atoms with Gasteiger partial charge in [0.05, 0.1) is 11.4 Å². The molecule has 0 unspecified atom stereocenters. The molecule has 2 aromatic carbocycles. The highest BCUT2D eigenvalue weighted by Crippen LogP contribution is 2.25. The van der Waals surface area contributed by atoms with Crippen molar-refractivity contribution in [3.05, 3.63) is 52.8 Å². The molecule has 7 heteroatoms. The van der Waals surface area contributed by atoms with Crippen LogP contribution in [0.25, 0.3) is 0 Å². The van der Waals surface area contributed by atoms with Crippen LogP contribution in [0.1, 0.15) is 0 Å². The largest absolute Gasteiger partial charge is 0.398 e. The van der Waals surface area contributed by atoms with Crippen LogP contribution in [0, 0.1) is 5.82 Å². The molecular formula is C12H10BrFN2O2S. The third-order valence-electron chi connectivity index (χ3n) is 2.34. The van der Waals surface area contributed by atoms with Gasteiger partial charge in [-0.2, -0.15) is 0 Å². The second-order valence-electron chi connectivity index (χ2n) is 3.80. The molecular weight excluding hydrogens is 335 g/mol. The molecule has 0 aliphatic rings. The number of sulfonamides is 1. The summed E-state index contributed by atoms with van der Waals surface area (Å²) in [7, 11) is -3.84. The Hall–Kier alpha value is -1.60. The highest BCUT2D eigenvalue weighted by Gasteiger charge is 2.17. The van der Waals surface area contributed by atoms with Crippen molar-refractivity contribution in [1.82, 2.24) is 0 Å². The van der Waals surface area contributed by atoms with Gasteiger partial charge in [0.15, 0.2) is 0 Å². The molecule has 0 aromatic heterocycles. The summed E-state index contributed by atoms with van der Waals surface area (Å²) >= 11 is 3.19. The van der Waals surface area contributed by atoms with E-state index in [2.05, 4.69) is 20.7 Å². The molecule has 2 aromatic rings. The first-order valence-electron chi connectivity index (χ1n) is 5.22. The summed E-state index contributed by atoms with van der Waals surface area (Å²) in [4.78, 5) is -0.0556. The standard InChI is InChI=1S/C12H10BrFN2O2S/c13-8-4-5-12(11(15)6-8)19(17,18)16-10-3-1-2-9(14)7-10/h1-7,16H,15H2. The lowest BCUT2D eigenvalue weighted by atomic mass is 10.3. The predicted molar refractivity (Wildman–Crippen MR) is 75.8 cm³/mol. The third-order valence-corrected chi connectivity index (χ3v) is 4.29. The number of rotatable bonds is 3. The molecule has 4 nitrogen and oxygen atoms in total. The first kappa shape index (κ1) is 13.8. The first-order chi connectivity index (χ1) is 8.88. The molecule has 2 rings (SSSR count). The molecule has 3 N–H and O–H groups in total. The maximum absolute atomic E-state index is 13.0. The lowest BCUT2D eigenvalue weighted by Crippen LogP contribution is -2.14. The average Bonchev–Trinajstić information content (AvgIpc) is 2.27. The van der Waals surface area contributed by atoms with Crippen molar-refractivity contribution in [1.29, 1.82) is 0 Å². The molecule has 0 saturated heterocycles. The van der Waals surface area contributed by atoms with Gasteiger partial charge in [0.2, 0.25) is 0 Å². The SMILES string of the molecule is Nc1cc(Br)ccc1S(=O)(=O)Nc1cccc(F)c1. The van der Waals surface area contributed by atoms with Crippen LogP contribution in [0.2, 0.25) is 0 Å². The lowest BCUT2D eigenvalue weighted by molar-refractivity contribution is 0.601. The number of anilines is 2. The van der Waals surface area contributed by atoms with E-state index >= 15 is 0 Å². The normalized spacial score (nSPS) is 11.3. The molecule has 0 amide bonds. The maximum Gasteiger partial charge on any atom is 0.263 e. The summed E-state index contributed by atoms with van der Waals surface area (Å²) in [6.07, 6.45) is 0.